The number of anilines is 1. The van der Waals surface area contributed by atoms with Gasteiger partial charge in [0, 0.05) is 18.5 Å². The second kappa shape index (κ2) is 5.45. The lowest BCUT2D eigenvalue weighted by molar-refractivity contribution is -0.402. The Kier molecular flexibility index (Phi) is 3.47. The zero-order chi connectivity index (χ0) is 15.7. The van der Waals surface area contributed by atoms with Gasteiger partial charge in [-0.1, -0.05) is 0 Å². The van der Waals surface area contributed by atoms with E-state index in [1.54, 1.807) is 0 Å². The number of nitro groups is 1. The van der Waals surface area contributed by atoms with E-state index in [2.05, 4.69) is 4.98 Å². The van der Waals surface area contributed by atoms with Gasteiger partial charge >= 0.3 is 5.88 Å². The van der Waals surface area contributed by atoms with Crippen molar-refractivity contribution >= 4 is 40.6 Å². The van der Waals surface area contributed by atoms with Gasteiger partial charge in [-0.25, -0.2) is 4.90 Å². The van der Waals surface area contributed by atoms with Crippen LogP contribution in [0.1, 0.15) is 5.76 Å². The second-order valence-corrected chi connectivity index (χ2v) is 5.15. The standard InChI is InChI=1S/C13H7N3O5S/c17-12-10(7-9-1-2-11(21-9)16(19)20)22-13(18)15(12)8-3-5-14-6-4-8/h1-7H/b10-7-. The maximum Gasteiger partial charge on any atom is 0.433 e. The van der Waals surface area contributed by atoms with Gasteiger partial charge in [-0.3, -0.25) is 24.7 Å². The predicted molar refractivity (Wildman–Crippen MR) is 78.0 cm³/mol. The third kappa shape index (κ3) is 2.49. The van der Waals surface area contributed by atoms with E-state index >= 15 is 0 Å². The summed E-state index contributed by atoms with van der Waals surface area (Å²) in [6.45, 7) is 0. The molecule has 1 fully saturated rings. The van der Waals surface area contributed by atoms with Crippen molar-refractivity contribution in [1.29, 1.82) is 0 Å². The van der Waals surface area contributed by atoms with E-state index in [0.717, 1.165) is 16.7 Å². The lowest BCUT2D eigenvalue weighted by atomic mass is 10.3. The van der Waals surface area contributed by atoms with Crippen LogP contribution in [-0.2, 0) is 4.79 Å². The van der Waals surface area contributed by atoms with Crippen molar-refractivity contribution in [2.75, 3.05) is 4.90 Å². The zero-order valence-corrected chi connectivity index (χ0v) is 11.6. The third-order valence-electron chi connectivity index (χ3n) is 2.78. The fourth-order valence-corrected chi connectivity index (χ4v) is 2.65. The molecule has 9 heteroatoms. The van der Waals surface area contributed by atoms with Crippen LogP contribution in [0.2, 0.25) is 0 Å². The number of rotatable bonds is 3. The molecule has 0 N–H and O–H groups in total. The Balaban J connectivity index is 1.90. The molecular weight excluding hydrogens is 310 g/mol. The van der Waals surface area contributed by atoms with Crippen molar-refractivity contribution in [2.45, 2.75) is 0 Å². The van der Waals surface area contributed by atoms with Gasteiger partial charge in [0.05, 0.1) is 16.7 Å². The lowest BCUT2D eigenvalue weighted by Gasteiger charge is -2.11. The summed E-state index contributed by atoms with van der Waals surface area (Å²) in [5.41, 5.74) is 0.409. The van der Waals surface area contributed by atoms with Crippen molar-refractivity contribution in [3.8, 4) is 0 Å². The zero-order valence-electron chi connectivity index (χ0n) is 10.8. The molecule has 0 bridgehead atoms. The van der Waals surface area contributed by atoms with Gasteiger partial charge in [-0.15, -0.1) is 0 Å². The smallest absolute Gasteiger partial charge is 0.401 e. The highest BCUT2D eigenvalue weighted by atomic mass is 32.2. The summed E-state index contributed by atoms with van der Waals surface area (Å²) < 4.78 is 4.95. The van der Waals surface area contributed by atoms with E-state index in [1.165, 1.54) is 42.7 Å². The summed E-state index contributed by atoms with van der Waals surface area (Å²) >= 11 is 0.737. The molecular formula is C13H7N3O5S. The van der Waals surface area contributed by atoms with Gasteiger partial charge in [0.1, 0.15) is 10.7 Å². The summed E-state index contributed by atoms with van der Waals surface area (Å²) in [7, 11) is 0. The Morgan fingerprint density at radius 3 is 2.59 bits per heavy atom. The Morgan fingerprint density at radius 1 is 1.23 bits per heavy atom. The molecule has 110 valence electrons. The average Bonchev–Trinajstić information content (AvgIpc) is 3.06. The summed E-state index contributed by atoms with van der Waals surface area (Å²) in [6, 6.07) is 5.62. The van der Waals surface area contributed by atoms with E-state index < -0.39 is 22.0 Å². The molecule has 1 aliphatic heterocycles. The van der Waals surface area contributed by atoms with E-state index in [4.69, 9.17) is 4.42 Å². The van der Waals surface area contributed by atoms with Crippen molar-refractivity contribution in [1.82, 2.24) is 4.98 Å². The van der Waals surface area contributed by atoms with Crippen LogP contribution in [0.25, 0.3) is 6.08 Å². The highest BCUT2D eigenvalue weighted by molar-refractivity contribution is 8.19. The largest absolute Gasteiger partial charge is 0.433 e. The number of imide groups is 1. The molecule has 0 unspecified atom stereocenters. The van der Waals surface area contributed by atoms with Crippen LogP contribution in [0.5, 0.6) is 0 Å². The first-order valence-electron chi connectivity index (χ1n) is 5.98. The molecule has 2 aromatic rings. The van der Waals surface area contributed by atoms with Crippen LogP contribution in [0.4, 0.5) is 16.4 Å². The Hall–Kier alpha value is -2.94. The number of hydrogen-bond acceptors (Lipinski definition) is 7. The summed E-state index contributed by atoms with van der Waals surface area (Å²) in [6.07, 6.45) is 4.25. The van der Waals surface area contributed by atoms with Gasteiger partial charge in [-0.2, -0.15) is 0 Å². The summed E-state index contributed by atoms with van der Waals surface area (Å²) in [4.78, 5) is 39.1. The number of pyridine rings is 1. The number of carbonyl (C=O) groups is 2. The molecule has 1 aliphatic rings. The number of aromatic nitrogens is 1. The molecule has 0 aliphatic carbocycles. The highest BCUT2D eigenvalue weighted by Gasteiger charge is 2.36. The van der Waals surface area contributed by atoms with Crippen molar-refractivity contribution in [2.24, 2.45) is 0 Å². The number of furan rings is 1. The van der Waals surface area contributed by atoms with Gasteiger partial charge in [0.25, 0.3) is 11.1 Å². The molecule has 1 saturated heterocycles. The highest BCUT2D eigenvalue weighted by Crippen LogP contribution is 2.35. The summed E-state index contributed by atoms with van der Waals surface area (Å²) in [5, 5.41) is 10.1. The first-order valence-corrected chi connectivity index (χ1v) is 6.80. The van der Waals surface area contributed by atoms with Crippen LogP contribution in [-0.4, -0.2) is 21.1 Å². The van der Waals surface area contributed by atoms with Crippen LogP contribution in [0.15, 0.2) is 46.0 Å². The third-order valence-corrected chi connectivity index (χ3v) is 3.65. The predicted octanol–water partition coefficient (Wildman–Crippen LogP) is 2.82. The first-order chi connectivity index (χ1) is 10.6. The Labute approximate surface area is 127 Å². The minimum absolute atomic E-state index is 0.131. The number of hydrogen-bond donors (Lipinski definition) is 0. The van der Waals surface area contributed by atoms with Crippen LogP contribution >= 0.6 is 11.8 Å². The van der Waals surface area contributed by atoms with Gasteiger partial charge in [-0.05, 0) is 30.0 Å². The monoisotopic (exact) mass is 317 g/mol. The first kappa shape index (κ1) is 14.0. The van der Waals surface area contributed by atoms with E-state index in [-0.39, 0.29) is 10.7 Å². The molecule has 0 radical (unpaired) electrons. The van der Waals surface area contributed by atoms with E-state index in [0.29, 0.717) is 5.69 Å². The number of thioether (sulfide) groups is 1. The topological polar surface area (TPSA) is 107 Å². The lowest BCUT2D eigenvalue weighted by Crippen LogP contribution is -2.27. The van der Waals surface area contributed by atoms with E-state index in [1.807, 2.05) is 0 Å². The van der Waals surface area contributed by atoms with Gasteiger partial charge in [0.15, 0.2) is 0 Å². The fourth-order valence-electron chi connectivity index (χ4n) is 1.83. The molecule has 0 saturated carbocycles. The molecule has 0 spiro atoms. The fraction of sp³-hybridized carbons (Fsp3) is 0. The van der Waals surface area contributed by atoms with Crippen molar-refractivity contribution < 1.29 is 18.9 Å². The average molecular weight is 317 g/mol. The Bertz CT molecular complexity index is 799. The quantitative estimate of drug-likeness (QED) is 0.486. The molecule has 2 amide bonds. The number of carbonyl (C=O) groups excluding carboxylic acids is 2. The number of nitrogens with zero attached hydrogens (tertiary/aromatic N) is 3. The van der Waals surface area contributed by atoms with Gasteiger partial charge < -0.3 is 4.42 Å². The Morgan fingerprint density at radius 2 is 1.95 bits per heavy atom. The van der Waals surface area contributed by atoms with Crippen LogP contribution < -0.4 is 4.90 Å². The SMILES string of the molecule is O=C1S/C(=C\c2ccc([N+](=O)[O-])o2)C(=O)N1c1ccncc1. The molecule has 3 heterocycles. The minimum atomic E-state index is -0.681. The second-order valence-electron chi connectivity index (χ2n) is 4.16. The molecule has 8 nitrogen and oxygen atoms in total. The van der Waals surface area contributed by atoms with Crippen LogP contribution in [0, 0.1) is 10.1 Å². The van der Waals surface area contributed by atoms with E-state index in [9.17, 15) is 19.7 Å². The van der Waals surface area contributed by atoms with Crippen LogP contribution in [0.3, 0.4) is 0 Å². The molecule has 3 rings (SSSR count). The molecule has 0 aromatic carbocycles. The molecule has 2 aromatic heterocycles. The summed E-state index contributed by atoms with van der Waals surface area (Å²) in [5.74, 6) is -0.813. The van der Waals surface area contributed by atoms with Crippen molar-refractivity contribution in [3.63, 3.8) is 0 Å². The van der Waals surface area contributed by atoms with Crippen molar-refractivity contribution in [3.05, 3.63) is 57.4 Å². The number of amides is 2. The molecule has 22 heavy (non-hydrogen) atoms. The maximum absolute atomic E-state index is 12.3. The minimum Gasteiger partial charge on any atom is -0.401 e. The molecule has 0 atom stereocenters. The van der Waals surface area contributed by atoms with Gasteiger partial charge in [0.2, 0.25) is 0 Å². The maximum atomic E-state index is 12.3. The normalized spacial score (nSPS) is 16.5.